The zero-order chi connectivity index (χ0) is 16.5. The van der Waals surface area contributed by atoms with E-state index in [1.807, 2.05) is 11.0 Å². The van der Waals surface area contributed by atoms with Crippen LogP contribution >= 0.6 is 0 Å². The first kappa shape index (κ1) is 15.3. The summed E-state index contributed by atoms with van der Waals surface area (Å²) in [5.74, 6) is -0.0492. The lowest BCUT2D eigenvalue weighted by Crippen LogP contribution is -2.56. The van der Waals surface area contributed by atoms with Crippen LogP contribution in [0.4, 0.5) is 0 Å². The number of carbonyl (C=O) groups is 1. The molecule has 4 rings (SSSR count). The summed E-state index contributed by atoms with van der Waals surface area (Å²) in [5.41, 5.74) is 0.298. The number of hydrogen-bond donors (Lipinski definition) is 0. The van der Waals surface area contributed by atoms with Crippen molar-refractivity contribution < 1.29 is 4.79 Å². The average Bonchev–Trinajstić information content (AvgIpc) is 2.64. The van der Waals surface area contributed by atoms with Gasteiger partial charge in [0.05, 0.1) is 5.39 Å². The minimum Gasteiger partial charge on any atom is -0.338 e. The van der Waals surface area contributed by atoms with Crippen molar-refractivity contribution in [3.63, 3.8) is 0 Å². The molecule has 7 heteroatoms. The van der Waals surface area contributed by atoms with Gasteiger partial charge in [-0.3, -0.25) is 14.5 Å². The molecule has 3 heterocycles. The van der Waals surface area contributed by atoms with Crippen LogP contribution in [-0.4, -0.2) is 62.9 Å². The molecule has 0 aliphatic carbocycles. The zero-order valence-corrected chi connectivity index (χ0v) is 13.6. The topological polar surface area (TPSA) is 71.3 Å². The molecule has 0 bridgehead atoms. The van der Waals surface area contributed by atoms with Gasteiger partial charge in [-0.15, -0.1) is 5.10 Å². The summed E-state index contributed by atoms with van der Waals surface area (Å²) in [4.78, 5) is 29.4. The summed E-state index contributed by atoms with van der Waals surface area (Å²) < 4.78 is 1.18. The average molecular weight is 327 g/mol. The fraction of sp³-hybridized carbons (Fsp3) is 0.529. The summed E-state index contributed by atoms with van der Waals surface area (Å²) in [6.45, 7) is 3.51. The Balaban J connectivity index is 1.50. The van der Waals surface area contributed by atoms with Crippen LogP contribution in [0.2, 0.25) is 0 Å². The second-order valence-corrected chi connectivity index (χ2v) is 6.59. The highest BCUT2D eigenvalue weighted by molar-refractivity contribution is 5.78. The van der Waals surface area contributed by atoms with Crippen LogP contribution < -0.4 is 5.56 Å². The third-order valence-electron chi connectivity index (χ3n) is 5.10. The van der Waals surface area contributed by atoms with Crippen LogP contribution in [0, 0.1) is 0 Å². The predicted octanol–water partition coefficient (Wildman–Crippen LogP) is 0.488. The molecular weight excluding hydrogens is 306 g/mol. The minimum atomic E-state index is -0.259. The van der Waals surface area contributed by atoms with Crippen LogP contribution in [0.15, 0.2) is 29.1 Å². The first-order valence-corrected chi connectivity index (χ1v) is 8.57. The monoisotopic (exact) mass is 327 g/mol. The second kappa shape index (κ2) is 6.32. The normalized spacial score (nSPS) is 21.7. The molecule has 0 spiro atoms. The van der Waals surface area contributed by atoms with Crippen LogP contribution in [-0.2, 0) is 11.3 Å². The molecule has 0 N–H and O–H groups in total. The summed E-state index contributed by atoms with van der Waals surface area (Å²) in [7, 11) is 0. The SMILES string of the molecule is O=C(Cn1nnc2ccccc2c1=O)N1CCN2CCCCC2C1. The molecule has 2 aliphatic rings. The Morgan fingerprint density at radius 1 is 1.17 bits per heavy atom. The van der Waals surface area contributed by atoms with E-state index in [1.54, 1.807) is 18.2 Å². The number of amides is 1. The van der Waals surface area contributed by atoms with Crippen molar-refractivity contribution in [1.29, 1.82) is 0 Å². The van der Waals surface area contributed by atoms with Crippen molar-refractivity contribution >= 4 is 16.8 Å². The van der Waals surface area contributed by atoms with Gasteiger partial charge in [0.1, 0.15) is 12.1 Å². The number of aromatic nitrogens is 3. The van der Waals surface area contributed by atoms with Crippen LogP contribution in [0.1, 0.15) is 19.3 Å². The first-order valence-electron chi connectivity index (χ1n) is 8.57. The van der Waals surface area contributed by atoms with E-state index in [0.717, 1.165) is 32.6 Å². The van der Waals surface area contributed by atoms with E-state index in [0.29, 0.717) is 16.9 Å². The van der Waals surface area contributed by atoms with Crippen LogP contribution in [0.3, 0.4) is 0 Å². The van der Waals surface area contributed by atoms with Crippen molar-refractivity contribution in [3.05, 3.63) is 34.6 Å². The Morgan fingerprint density at radius 2 is 2.04 bits per heavy atom. The van der Waals surface area contributed by atoms with Gasteiger partial charge in [-0.1, -0.05) is 23.8 Å². The van der Waals surface area contributed by atoms with Crippen molar-refractivity contribution in [2.24, 2.45) is 0 Å². The quantitative estimate of drug-likeness (QED) is 0.803. The van der Waals surface area contributed by atoms with Gasteiger partial charge in [0.2, 0.25) is 5.91 Å². The van der Waals surface area contributed by atoms with Gasteiger partial charge in [0, 0.05) is 25.7 Å². The summed E-state index contributed by atoms with van der Waals surface area (Å²) >= 11 is 0. The lowest BCUT2D eigenvalue weighted by atomic mass is 9.99. The van der Waals surface area contributed by atoms with E-state index in [9.17, 15) is 9.59 Å². The van der Waals surface area contributed by atoms with Gasteiger partial charge in [0.15, 0.2) is 0 Å². The highest BCUT2D eigenvalue weighted by Gasteiger charge is 2.31. The smallest absolute Gasteiger partial charge is 0.278 e. The standard InChI is InChI=1S/C17H21N5O2/c23-16(21-10-9-20-8-4-3-5-13(20)11-21)12-22-17(24)14-6-1-2-7-15(14)18-19-22/h1-2,6-7,13H,3-5,8-12H2. The molecule has 0 saturated carbocycles. The number of carbonyl (C=O) groups excluding carboxylic acids is 1. The predicted molar refractivity (Wildman–Crippen MR) is 89.6 cm³/mol. The molecule has 24 heavy (non-hydrogen) atoms. The maximum absolute atomic E-state index is 12.6. The number of benzene rings is 1. The molecule has 2 aliphatic heterocycles. The van der Waals surface area contributed by atoms with Gasteiger partial charge in [-0.05, 0) is 31.5 Å². The Bertz CT molecular complexity index is 818. The van der Waals surface area contributed by atoms with Gasteiger partial charge in [-0.25, -0.2) is 4.68 Å². The number of piperidine rings is 1. The summed E-state index contributed by atoms with van der Waals surface area (Å²) in [6, 6.07) is 7.54. The Kier molecular flexibility index (Phi) is 4.02. The lowest BCUT2D eigenvalue weighted by Gasteiger charge is -2.44. The van der Waals surface area contributed by atoms with E-state index in [2.05, 4.69) is 15.2 Å². The van der Waals surface area contributed by atoms with Crippen molar-refractivity contribution in [1.82, 2.24) is 24.8 Å². The van der Waals surface area contributed by atoms with Gasteiger partial charge < -0.3 is 4.90 Å². The summed E-state index contributed by atoms with van der Waals surface area (Å²) in [5, 5.41) is 8.46. The molecule has 1 aromatic heterocycles. The largest absolute Gasteiger partial charge is 0.338 e. The van der Waals surface area contributed by atoms with E-state index in [1.165, 1.54) is 17.5 Å². The Labute approximate surface area is 139 Å². The highest BCUT2D eigenvalue weighted by atomic mass is 16.2. The van der Waals surface area contributed by atoms with Crippen LogP contribution in [0.5, 0.6) is 0 Å². The second-order valence-electron chi connectivity index (χ2n) is 6.59. The summed E-state index contributed by atoms with van der Waals surface area (Å²) in [6.07, 6.45) is 3.64. The number of rotatable bonds is 2. The van der Waals surface area contributed by atoms with Crippen molar-refractivity contribution in [2.75, 3.05) is 26.2 Å². The molecule has 7 nitrogen and oxygen atoms in total. The molecule has 2 fully saturated rings. The van der Waals surface area contributed by atoms with E-state index < -0.39 is 0 Å². The van der Waals surface area contributed by atoms with Gasteiger partial charge in [-0.2, -0.15) is 0 Å². The maximum Gasteiger partial charge on any atom is 0.278 e. The molecule has 1 aromatic carbocycles. The third-order valence-corrected chi connectivity index (χ3v) is 5.10. The molecule has 0 radical (unpaired) electrons. The maximum atomic E-state index is 12.6. The van der Waals surface area contributed by atoms with Crippen LogP contribution in [0.25, 0.3) is 10.9 Å². The molecule has 2 saturated heterocycles. The van der Waals surface area contributed by atoms with Crippen molar-refractivity contribution in [2.45, 2.75) is 31.8 Å². The molecule has 1 atom stereocenters. The number of hydrogen-bond acceptors (Lipinski definition) is 5. The van der Waals surface area contributed by atoms with E-state index >= 15 is 0 Å². The van der Waals surface area contributed by atoms with E-state index in [-0.39, 0.29) is 18.0 Å². The van der Waals surface area contributed by atoms with Crippen molar-refractivity contribution in [3.8, 4) is 0 Å². The molecule has 1 unspecified atom stereocenters. The molecular formula is C17H21N5O2. The number of fused-ring (bicyclic) bond motifs is 2. The first-order chi connectivity index (χ1) is 11.7. The third kappa shape index (κ3) is 2.80. The molecule has 126 valence electrons. The zero-order valence-electron chi connectivity index (χ0n) is 13.6. The fourth-order valence-electron chi connectivity index (χ4n) is 3.74. The molecule has 1 amide bonds. The fourth-order valence-corrected chi connectivity index (χ4v) is 3.74. The highest BCUT2D eigenvalue weighted by Crippen LogP contribution is 2.21. The Morgan fingerprint density at radius 3 is 2.96 bits per heavy atom. The number of nitrogens with zero attached hydrogens (tertiary/aromatic N) is 5. The lowest BCUT2D eigenvalue weighted by molar-refractivity contribution is -0.135. The number of piperazine rings is 1. The minimum absolute atomic E-state index is 0.0383. The van der Waals surface area contributed by atoms with E-state index in [4.69, 9.17) is 0 Å². The van der Waals surface area contributed by atoms with Gasteiger partial charge >= 0.3 is 0 Å². The Hall–Kier alpha value is -2.28. The van der Waals surface area contributed by atoms with Gasteiger partial charge in [0.25, 0.3) is 5.56 Å². The molecule has 2 aromatic rings.